The Morgan fingerprint density at radius 1 is 1.44 bits per heavy atom. The maximum atomic E-state index is 13.0. The third-order valence-electron chi connectivity index (χ3n) is 2.89. The predicted octanol–water partition coefficient (Wildman–Crippen LogP) is 1.94. The van der Waals surface area contributed by atoms with Crippen molar-refractivity contribution in [3.8, 4) is 0 Å². The normalized spacial score (nSPS) is 23.6. The monoisotopic (exact) mass is 222 g/mol. The summed E-state index contributed by atoms with van der Waals surface area (Å²) in [6.07, 6.45) is 1.99. The topological polar surface area (TPSA) is 55.1 Å². The third-order valence-corrected chi connectivity index (χ3v) is 2.89. The molecular formula is C12H15FN2O. The summed E-state index contributed by atoms with van der Waals surface area (Å²) < 4.78 is 13.0. The highest BCUT2D eigenvalue weighted by molar-refractivity contribution is 5.95. The molecule has 0 heterocycles. The molecule has 16 heavy (non-hydrogen) atoms. The molecule has 1 saturated carbocycles. The van der Waals surface area contributed by atoms with E-state index in [1.807, 2.05) is 0 Å². The van der Waals surface area contributed by atoms with Gasteiger partial charge in [0.25, 0.3) is 5.91 Å². The molecule has 4 heteroatoms. The van der Waals surface area contributed by atoms with Gasteiger partial charge in [0.15, 0.2) is 0 Å². The van der Waals surface area contributed by atoms with Gasteiger partial charge in [0.05, 0.1) is 0 Å². The number of hydrogen-bond acceptors (Lipinski definition) is 2. The second-order valence-corrected chi connectivity index (χ2v) is 4.52. The molecule has 86 valence electrons. The molecule has 1 aromatic rings. The van der Waals surface area contributed by atoms with Gasteiger partial charge in [0.1, 0.15) is 5.82 Å². The SMILES string of the molecule is CC1CC(NC(=O)c2cc(N)cc(F)c2)C1. The zero-order valence-electron chi connectivity index (χ0n) is 9.16. The van der Waals surface area contributed by atoms with Gasteiger partial charge in [0, 0.05) is 17.3 Å². The third kappa shape index (κ3) is 2.32. The van der Waals surface area contributed by atoms with Crippen LogP contribution in [0.4, 0.5) is 10.1 Å². The van der Waals surface area contributed by atoms with Crippen LogP contribution in [0.2, 0.25) is 0 Å². The van der Waals surface area contributed by atoms with Crippen LogP contribution in [0.15, 0.2) is 18.2 Å². The van der Waals surface area contributed by atoms with Gasteiger partial charge < -0.3 is 11.1 Å². The van der Waals surface area contributed by atoms with Crippen LogP contribution in [0, 0.1) is 11.7 Å². The van der Waals surface area contributed by atoms with E-state index in [1.165, 1.54) is 18.2 Å². The van der Waals surface area contributed by atoms with Crippen LogP contribution in [0.1, 0.15) is 30.1 Å². The highest BCUT2D eigenvalue weighted by Crippen LogP contribution is 2.26. The van der Waals surface area contributed by atoms with Crippen molar-refractivity contribution in [2.45, 2.75) is 25.8 Å². The number of amides is 1. The number of nitrogens with two attached hydrogens (primary N) is 1. The van der Waals surface area contributed by atoms with Gasteiger partial charge in [-0.25, -0.2) is 4.39 Å². The van der Waals surface area contributed by atoms with E-state index in [0.717, 1.165) is 12.8 Å². The van der Waals surface area contributed by atoms with E-state index in [1.54, 1.807) is 0 Å². The fraction of sp³-hybridized carbons (Fsp3) is 0.417. The van der Waals surface area contributed by atoms with E-state index >= 15 is 0 Å². The molecule has 0 unspecified atom stereocenters. The zero-order valence-corrected chi connectivity index (χ0v) is 9.16. The summed E-state index contributed by atoms with van der Waals surface area (Å²) in [7, 11) is 0. The van der Waals surface area contributed by atoms with E-state index < -0.39 is 5.82 Å². The fourth-order valence-corrected chi connectivity index (χ4v) is 2.03. The molecule has 0 aliphatic heterocycles. The second kappa shape index (κ2) is 4.12. The van der Waals surface area contributed by atoms with Crippen LogP contribution in [-0.4, -0.2) is 11.9 Å². The summed E-state index contributed by atoms with van der Waals surface area (Å²) in [5, 5.41) is 2.86. The van der Waals surface area contributed by atoms with Crippen LogP contribution in [0.3, 0.4) is 0 Å². The Bertz CT molecular complexity index is 393. The first-order valence-electron chi connectivity index (χ1n) is 5.41. The van der Waals surface area contributed by atoms with E-state index in [4.69, 9.17) is 5.73 Å². The van der Waals surface area contributed by atoms with E-state index in [-0.39, 0.29) is 23.2 Å². The number of rotatable bonds is 2. The van der Waals surface area contributed by atoms with Crippen molar-refractivity contribution in [1.82, 2.24) is 5.32 Å². The summed E-state index contributed by atoms with van der Waals surface area (Å²) in [6.45, 7) is 2.14. The van der Waals surface area contributed by atoms with Crippen molar-refractivity contribution in [2.24, 2.45) is 5.92 Å². The first kappa shape index (κ1) is 10.9. The number of hydrogen-bond donors (Lipinski definition) is 2. The van der Waals surface area contributed by atoms with Gasteiger partial charge in [-0.05, 0) is 37.0 Å². The lowest BCUT2D eigenvalue weighted by Crippen LogP contribution is -2.43. The number of benzene rings is 1. The molecule has 0 saturated heterocycles. The van der Waals surface area contributed by atoms with Gasteiger partial charge >= 0.3 is 0 Å². The maximum Gasteiger partial charge on any atom is 0.251 e. The average Bonchev–Trinajstić information content (AvgIpc) is 2.13. The van der Waals surface area contributed by atoms with Crippen molar-refractivity contribution < 1.29 is 9.18 Å². The van der Waals surface area contributed by atoms with Crippen molar-refractivity contribution >= 4 is 11.6 Å². The van der Waals surface area contributed by atoms with Crippen LogP contribution in [-0.2, 0) is 0 Å². The van der Waals surface area contributed by atoms with Crippen molar-refractivity contribution in [3.63, 3.8) is 0 Å². The molecule has 1 fully saturated rings. The number of nitrogen functional groups attached to an aromatic ring is 1. The van der Waals surface area contributed by atoms with Crippen molar-refractivity contribution in [1.29, 1.82) is 0 Å². The Morgan fingerprint density at radius 3 is 2.69 bits per heavy atom. The highest BCUT2D eigenvalue weighted by Gasteiger charge is 2.26. The van der Waals surface area contributed by atoms with E-state index in [0.29, 0.717) is 5.92 Å². The molecule has 1 aliphatic rings. The Hall–Kier alpha value is -1.58. The van der Waals surface area contributed by atoms with Gasteiger partial charge in [-0.1, -0.05) is 6.92 Å². The number of halogens is 1. The Balaban J connectivity index is 2.03. The molecule has 1 amide bonds. The quantitative estimate of drug-likeness (QED) is 0.751. The lowest BCUT2D eigenvalue weighted by Gasteiger charge is -2.33. The molecule has 3 N–H and O–H groups in total. The standard InChI is InChI=1S/C12H15FN2O/c1-7-2-11(3-7)15-12(16)8-4-9(13)6-10(14)5-8/h4-7,11H,2-3,14H2,1H3,(H,15,16). The molecule has 0 spiro atoms. The van der Waals surface area contributed by atoms with Crippen LogP contribution in [0.25, 0.3) is 0 Å². The average molecular weight is 222 g/mol. The minimum Gasteiger partial charge on any atom is -0.399 e. The number of carbonyl (C=O) groups is 1. The van der Waals surface area contributed by atoms with Crippen LogP contribution < -0.4 is 11.1 Å². The largest absolute Gasteiger partial charge is 0.399 e. The fourth-order valence-electron chi connectivity index (χ4n) is 2.03. The molecule has 3 nitrogen and oxygen atoms in total. The Kier molecular flexibility index (Phi) is 2.81. The van der Waals surface area contributed by atoms with Gasteiger partial charge in [-0.15, -0.1) is 0 Å². The van der Waals surface area contributed by atoms with Gasteiger partial charge in [-0.3, -0.25) is 4.79 Å². The van der Waals surface area contributed by atoms with Crippen LogP contribution >= 0.6 is 0 Å². The molecule has 0 atom stereocenters. The minimum absolute atomic E-state index is 0.229. The highest BCUT2D eigenvalue weighted by atomic mass is 19.1. The zero-order chi connectivity index (χ0) is 11.7. The minimum atomic E-state index is -0.480. The second-order valence-electron chi connectivity index (χ2n) is 4.52. The van der Waals surface area contributed by atoms with E-state index in [9.17, 15) is 9.18 Å². The molecule has 0 aromatic heterocycles. The Morgan fingerprint density at radius 2 is 2.12 bits per heavy atom. The smallest absolute Gasteiger partial charge is 0.251 e. The van der Waals surface area contributed by atoms with E-state index in [2.05, 4.69) is 12.2 Å². The summed E-state index contributed by atoms with van der Waals surface area (Å²) >= 11 is 0. The summed E-state index contributed by atoms with van der Waals surface area (Å²) in [4.78, 5) is 11.7. The number of anilines is 1. The molecule has 0 bridgehead atoms. The lowest BCUT2D eigenvalue weighted by atomic mass is 9.82. The van der Waals surface area contributed by atoms with Crippen molar-refractivity contribution in [2.75, 3.05) is 5.73 Å². The molecule has 2 rings (SSSR count). The maximum absolute atomic E-state index is 13.0. The summed E-state index contributed by atoms with van der Waals surface area (Å²) in [6, 6.07) is 4.11. The first-order valence-corrected chi connectivity index (χ1v) is 5.41. The molecule has 1 aliphatic carbocycles. The van der Waals surface area contributed by atoms with Crippen molar-refractivity contribution in [3.05, 3.63) is 29.6 Å². The van der Waals surface area contributed by atoms with Gasteiger partial charge in [0.2, 0.25) is 0 Å². The summed E-state index contributed by atoms with van der Waals surface area (Å²) in [5.41, 5.74) is 6.04. The predicted molar refractivity (Wildman–Crippen MR) is 60.5 cm³/mol. The molecular weight excluding hydrogens is 207 g/mol. The Labute approximate surface area is 93.8 Å². The lowest BCUT2D eigenvalue weighted by molar-refractivity contribution is 0.0895. The van der Waals surface area contributed by atoms with Crippen LogP contribution in [0.5, 0.6) is 0 Å². The molecule has 0 radical (unpaired) electrons. The van der Waals surface area contributed by atoms with Gasteiger partial charge in [-0.2, -0.15) is 0 Å². The summed E-state index contributed by atoms with van der Waals surface area (Å²) in [5.74, 6) is -0.0573. The molecule has 1 aromatic carbocycles. The first-order chi connectivity index (χ1) is 7.54. The number of nitrogens with one attached hydrogen (secondary N) is 1. The number of carbonyl (C=O) groups excluding carboxylic acids is 1.